The minimum absolute atomic E-state index is 0.0357. The number of nitrogens with zero attached hydrogens (tertiary/aromatic N) is 1. The van der Waals surface area contributed by atoms with Crippen LogP contribution in [-0.4, -0.2) is 53.7 Å². The molecule has 104 valence electrons. The van der Waals surface area contributed by atoms with Crippen molar-refractivity contribution in [3.63, 3.8) is 0 Å². The number of rotatable bonds is 5. The van der Waals surface area contributed by atoms with E-state index >= 15 is 0 Å². The van der Waals surface area contributed by atoms with Crippen LogP contribution in [0.4, 0.5) is 0 Å². The van der Waals surface area contributed by atoms with Crippen LogP contribution >= 0.6 is 0 Å². The molecule has 0 bridgehead atoms. The summed E-state index contributed by atoms with van der Waals surface area (Å²) >= 11 is 0. The van der Waals surface area contributed by atoms with Crippen LogP contribution in [0.3, 0.4) is 0 Å². The molecule has 6 heteroatoms. The van der Waals surface area contributed by atoms with Gasteiger partial charge in [0.25, 0.3) is 0 Å². The second-order valence-electron chi connectivity index (χ2n) is 4.85. The van der Waals surface area contributed by atoms with E-state index in [2.05, 4.69) is 0 Å². The Hall–Kier alpha value is -1.14. The Balaban J connectivity index is 2.79. The number of ether oxygens (including phenoxy) is 1. The predicted molar refractivity (Wildman–Crippen MR) is 66.0 cm³/mol. The van der Waals surface area contributed by atoms with Crippen LogP contribution in [-0.2, 0) is 14.3 Å². The first-order valence-electron chi connectivity index (χ1n) is 6.24. The molecule has 1 aliphatic rings. The first-order chi connectivity index (χ1) is 8.42. The molecular formula is C12H22N2O4. The molecule has 1 fully saturated rings. The third-order valence-electron chi connectivity index (χ3n) is 3.71. The lowest BCUT2D eigenvalue weighted by Gasteiger charge is -2.27. The van der Waals surface area contributed by atoms with E-state index < -0.39 is 18.1 Å². The first kappa shape index (κ1) is 14.9. The molecule has 0 saturated carbocycles. The second-order valence-corrected chi connectivity index (χ2v) is 4.85. The molecule has 4 unspecified atom stereocenters. The standard InChI is InChI=1S/C12H22N2O4/c1-4-7(2)10(13)11(15)14-6-8(18-3)5-9(14)12(16)17/h7-10H,4-6,13H2,1-3H3,(H,16,17). The Morgan fingerprint density at radius 1 is 1.56 bits per heavy atom. The van der Waals surface area contributed by atoms with E-state index in [4.69, 9.17) is 15.6 Å². The number of nitrogens with two attached hydrogens (primary N) is 1. The first-order valence-corrected chi connectivity index (χ1v) is 6.24. The third kappa shape index (κ3) is 3.00. The van der Waals surface area contributed by atoms with E-state index in [1.54, 1.807) is 0 Å². The molecule has 1 saturated heterocycles. The van der Waals surface area contributed by atoms with Gasteiger partial charge in [-0.2, -0.15) is 0 Å². The molecule has 0 aromatic heterocycles. The van der Waals surface area contributed by atoms with E-state index in [-0.39, 0.29) is 17.9 Å². The van der Waals surface area contributed by atoms with E-state index in [0.717, 1.165) is 6.42 Å². The Morgan fingerprint density at radius 2 is 2.17 bits per heavy atom. The molecule has 1 amide bonds. The molecule has 6 nitrogen and oxygen atoms in total. The minimum atomic E-state index is -1.00. The minimum Gasteiger partial charge on any atom is -0.480 e. The molecule has 4 atom stereocenters. The van der Waals surface area contributed by atoms with Crippen LogP contribution in [0.1, 0.15) is 26.7 Å². The largest absolute Gasteiger partial charge is 0.480 e. The highest BCUT2D eigenvalue weighted by Crippen LogP contribution is 2.22. The van der Waals surface area contributed by atoms with Crippen molar-refractivity contribution in [2.75, 3.05) is 13.7 Å². The monoisotopic (exact) mass is 258 g/mol. The molecule has 1 aliphatic heterocycles. The maximum absolute atomic E-state index is 12.2. The van der Waals surface area contributed by atoms with Gasteiger partial charge < -0.3 is 20.5 Å². The molecule has 0 aliphatic carbocycles. The second kappa shape index (κ2) is 6.15. The number of carboxylic acids is 1. The van der Waals surface area contributed by atoms with Crippen LogP contribution in [0.2, 0.25) is 0 Å². The van der Waals surface area contributed by atoms with Crippen LogP contribution in [0.25, 0.3) is 0 Å². The number of hydrogen-bond donors (Lipinski definition) is 2. The molecule has 1 rings (SSSR count). The molecular weight excluding hydrogens is 236 g/mol. The van der Waals surface area contributed by atoms with Gasteiger partial charge >= 0.3 is 5.97 Å². The highest BCUT2D eigenvalue weighted by atomic mass is 16.5. The summed E-state index contributed by atoms with van der Waals surface area (Å²) in [5.41, 5.74) is 5.88. The van der Waals surface area contributed by atoms with Crippen molar-refractivity contribution >= 4 is 11.9 Å². The summed E-state index contributed by atoms with van der Waals surface area (Å²) in [4.78, 5) is 24.7. The summed E-state index contributed by atoms with van der Waals surface area (Å²) in [6.07, 6.45) is 0.885. The lowest BCUT2D eigenvalue weighted by molar-refractivity contribution is -0.149. The van der Waals surface area contributed by atoms with Crippen molar-refractivity contribution < 1.29 is 19.4 Å². The Labute approximate surface area is 107 Å². The van der Waals surface area contributed by atoms with Gasteiger partial charge in [0.05, 0.1) is 12.1 Å². The van der Waals surface area contributed by atoms with Gasteiger partial charge in [0.15, 0.2) is 0 Å². The molecule has 0 spiro atoms. The van der Waals surface area contributed by atoms with E-state index in [1.165, 1.54) is 12.0 Å². The highest BCUT2D eigenvalue weighted by molar-refractivity contribution is 5.87. The molecule has 0 radical (unpaired) electrons. The molecule has 3 N–H and O–H groups in total. The SMILES string of the molecule is CCC(C)C(N)C(=O)N1CC(OC)CC1C(=O)O. The quantitative estimate of drug-likeness (QED) is 0.727. The van der Waals surface area contributed by atoms with Crippen molar-refractivity contribution in [2.24, 2.45) is 11.7 Å². The van der Waals surface area contributed by atoms with Crippen molar-refractivity contribution in [3.05, 3.63) is 0 Å². The summed E-state index contributed by atoms with van der Waals surface area (Å²) in [6, 6.07) is -1.47. The van der Waals surface area contributed by atoms with Gasteiger partial charge in [-0.15, -0.1) is 0 Å². The van der Waals surface area contributed by atoms with Crippen LogP contribution in [0.5, 0.6) is 0 Å². The van der Waals surface area contributed by atoms with E-state index in [1.807, 2.05) is 13.8 Å². The summed E-state index contributed by atoms with van der Waals surface area (Å²) in [5, 5.41) is 9.13. The molecule has 0 aromatic rings. The summed E-state index contributed by atoms with van der Waals surface area (Å²) in [7, 11) is 1.52. The summed E-state index contributed by atoms with van der Waals surface area (Å²) < 4.78 is 5.14. The summed E-state index contributed by atoms with van der Waals surface area (Å²) in [6.45, 7) is 4.15. The predicted octanol–water partition coefficient (Wildman–Crippen LogP) is 0.0603. The van der Waals surface area contributed by atoms with Crippen molar-refractivity contribution in [3.8, 4) is 0 Å². The number of carbonyl (C=O) groups excluding carboxylic acids is 1. The van der Waals surface area contributed by atoms with Gasteiger partial charge in [0, 0.05) is 20.1 Å². The van der Waals surface area contributed by atoms with Gasteiger partial charge in [-0.25, -0.2) is 4.79 Å². The molecule has 18 heavy (non-hydrogen) atoms. The normalized spacial score (nSPS) is 27.0. The lowest BCUT2D eigenvalue weighted by Crippen LogP contribution is -2.50. The van der Waals surface area contributed by atoms with Crippen molar-refractivity contribution in [2.45, 2.75) is 44.9 Å². The number of carbonyl (C=O) groups is 2. The summed E-state index contributed by atoms with van der Waals surface area (Å²) in [5.74, 6) is -1.26. The van der Waals surface area contributed by atoms with Crippen molar-refractivity contribution in [1.82, 2.24) is 4.90 Å². The van der Waals surface area contributed by atoms with E-state index in [0.29, 0.717) is 13.0 Å². The topological polar surface area (TPSA) is 92.9 Å². The molecule has 0 aromatic carbocycles. The number of amides is 1. The highest BCUT2D eigenvalue weighted by Gasteiger charge is 2.41. The zero-order chi connectivity index (χ0) is 13.9. The van der Waals surface area contributed by atoms with Gasteiger partial charge in [0.2, 0.25) is 5.91 Å². The van der Waals surface area contributed by atoms with Gasteiger partial charge in [-0.3, -0.25) is 4.79 Å². The third-order valence-corrected chi connectivity index (χ3v) is 3.71. The fraction of sp³-hybridized carbons (Fsp3) is 0.833. The molecule has 1 heterocycles. The maximum atomic E-state index is 12.2. The zero-order valence-electron chi connectivity index (χ0n) is 11.1. The smallest absolute Gasteiger partial charge is 0.326 e. The number of likely N-dealkylation sites (tertiary alicyclic amines) is 1. The van der Waals surface area contributed by atoms with Gasteiger partial charge in [0.1, 0.15) is 6.04 Å². The number of carboxylic acid groups (broad SMARTS) is 1. The fourth-order valence-corrected chi connectivity index (χ4v) is 2.13. The lowest BCUT2D eigenvalue weighted by atomic mass is 9.98. The average molecular weight is 258 g/mol. The van der Waals surface area contributed by atoms with Crippen LogP contribution in [0.15, 0.2) is 0 Å². The number of hydrogen-bond acceptors (Lipinski definition) is 4. The Kier molecular flexibility index (Phi) is 5.10. The average Bonchev–Trinajstić information content (AvgIpc) is 2.80. The van der Waals surface area contributed by atoms with Crippen molar-refractivity contribution in [1.29, 1.82) is 0 Å². The van der Waals surface area contributed by atoms with Gasteiger partial charge in [-0.05, 0) is 5.92 Å². The number of aliphatic carboxylic acids is 1. The van der Waals surface area contributed by atoms with Gasteiger partial charge in [-0.1, -0.05) is 20.3 Å². The Morgan fingerprint density at radius 3 is 2.61 bits per heavy atom. The zero-order valence-corrected chi connectivity index (χ0v) is 11.1. The van der Waals surface area contributed by atoms with Crippen LogP contribution < -0.4 is 5.73 Å². The maximum Gasteiger partial charge on any atom is 0.326 e. The van der Waals surface area contributed by atoms with E-state index in [9.17, 15) is 9.59 Å². The fourth-order valence-electron chi connectivity index (χ4n) is 2.13. The Bertz CT molecular complexity index is 321. The number of methoxy groups -OCH3 is 1. The van der Waals surface area contributed by atoms with Crippen LogP contribution in [0, 0.1) is 5.92 Å².